The van der Waals surface area contributed by atoms with Gasteiger partial charge >= 0.3 is 5.69 Å². The highest BCUT2D eigenvalue weighted by Gasteiger charge is 2.20. The fourth-order valence-corrected chi connectivity index (χ4v) is 2.02. The largest absolute Gasteiger partial charge is 0.500 e. The Morgan fingerprint density at radius 2 is 2.05 bits per heavy atom. The maximum absolute atomic E-state index is 10.9. The lowest BCUT2D eigenvalue weighted by Crippen LogP contribution is -2.27. The number of nitro benzene ring substituents is 1. The maximum atomic E-state index is 10.9. The number of phenols is 1. The second-order valence-electron chi connectivity index (χ2n) is 4.42. The van der Waals surface area contributed by atoms with Crippen LogP contribution in [0.25, 0.3) is 0 Å². The Bertz CT molecular complexity index is 464. The lowest BCUT2D eigenvalue weighted by Gasteiger charge is -2.20. The molecule has 1 aromatic rings. The molecule has 0 unspecified atom stereocenters. The van der Waals surface area contributed by atoms with Crippen LogP contribution in [0.1, 0.15) is 18.9 Å². The van der Waals surface area contributed by atoms with E-state index in [1.54, 1.807) is 6.07 Å². The van der Waals surface area contributed by atoms with Crippen molar-refractivity contribution in [3.63, 3.8) is 0 Å². The highest BCUT2D eigenvalue weighted by atomic mass is 35.5. The minimum atomic E-state index is -0.641. The zero-order valence-corrected chi connectivity index (χ0v) is 12.9. The van der Waals surface area contributed by atoms with Crippen molar-refractivity contribution < 1.29 is 19.9 Å². The number of nitrogens with zero attached hydrogens (tertiary/aromatic N) is 2. The predicted molar refractivity (Wildman–Crippen MR) is 81.2 cm³/mol. The van der Waals surface area contributed by atoms with Crippen molar-refractivity contribution in [2.24, 2.45) is 0 Å². The van der Waals surface area contributed by atoms with Crippen LogP contribution in [0.3, 0.4) is 0 Å². The monoisotopic (exact) mass is 320 g/mol. The Balaban J connectivity index is 0.00000400. The Kier molecular flexibility index (Phi) is 8.68. The third-order valence-electron chi connectivity index (χ3n) is 2.89. The molecule has 21 heavy (non-hydrogen) atoms. The fourth-order valence-electron chi connectivity index (χ4n) is 2.02. The first-order valence-corrected chi connectivity index (χ1v) is 6.41. The van der Waals surface area contributed by atoms with Crippen molar-refractivity contribution in [2.75, 3.05) is 26.8 Å². The summed E-state index contributed by atoms with van der Waals surface area (Å²) in [7, 11) is 1.35. The molecule has 0 atom stereocenters. The molecular weight excluding hydrogens is 300 g/mol. The molecule has 120 valence electrons. The summed E-state index contributed by atoms with van der Waals surface area (Å²) in [5.41, 5.74) is 0.285. The SMILES string of the molecule is CCCN(CCO)Cc1cc(OC)c(O)c([N+](=O)[O-])c1.Cl. The number of phenolic OH excluding ortho intramolecular Hbond substituents is 1. The smallest absolute Gasteiger partial charge is 0.314 e. The zero-order valence-electron chi connectivity index (χ0n) is 12.1. The summed E-state index contributed by atoms with van der Waals surface area (Å²) < 4.78 is 4.96. The lowest BCUT2D eigenvalue weighted by molar-refractivity contribution is -0.386. The summed E-state index contributed by atoms with van der Waals surface area (Å²) in [5, 5.41) is 29.6. The molecule has 0 saturated heterocycles. The molecule has 2 N–H and O–H groups in total. The molecule has 7 nitrogen and oxygen atoms in total. The molecule has 0 aliphatic carbocycles. The van der Waals surface area contributed by atoms with Crippen LogP contribution < -0.4 is 4.74 Å². The number of halogens is 1. The Labute approximate surface area is 129 Å². The van der Waals surface area contributed by atoms with E-state index >= 15 is 0 Å². The Morgan fingerprint density at radius 3 is 2.52 bits per heavy atom. The first-order valence-electron chi connectivity index (χ1n) is 6.41. The fraction of sp³-hybridized carbons (Fsp3) is 0.538. The van der Waals surface area contributed by atoms with Crippen LogP contribution in [0.2, 0.25) is 0 Å². The molecule has 1 aromatic carbocycles. The van der Waals surface area contributed by atoms with Crippen LogP contribution in [0.4, 0.5) is 5.69 Å². The summed E-state index contributed by atoms with van der Waals surface area (Å²) in [6.07, 6.45) is 0.914. The number of ether oxygens (including phenoxy) is 1. The van der Waals surface area contributed by atoms with Crippen molar-refractivity contribution in [2.45, 2.75) is 19.9 Å². The number of hydrogen-bond acceptors (Lipinski definition) is 6. The summed E-state index contributed by atoms with van der Waals surface area (Å²) in [6.45, 7) is 3.76. The van der Waals surface area contributed by atoms with E-state index in [0.29, 0.717) is 18.7 Å². The lowest BCUT2D eigenvalue weighted by atomic mass is 10.1. The van der Waals surface area contributed by atoms with Crippen molar-refractivity contribution in [3.8, 4) is 11.5 Å². The summed E-state index contributed by atoms with van der Waals surface area (Å²) in [4.78, 5) is 12.3. The normalized spacial score (nSPS) is 10.3. The number of hydrogen-bond donors (Lipinski definition) is 2. The first-order chi connectivity index (χ1) is 9.53. The van der Waals surface area contributed by atoms with Gasteiger partial charge in [-0.15, -0.1) is 12.4 Å². The molecule has 0 aliphatic rings. The van der Waals surface area contributed by atoms with Crippen LogP contribution in [-0.4, -0.2) is 46.8 Å². The van der Waals surface area contributed by atoms with E-state index in [4.69, 9.17) is 9.84 Å². The third kappa shape index (κ3) is 5.37. The number of aromatic hydroxyl groups is 1. The van der Waals surface area contributed by atoms with E-state index in [-0.39, 0.29) is 30.5 Å². The van der Waals surface area contributed by atoms with Crippen LogP contribution in [0, 0.1) is 10.1 Å². The van der Waals surface area contributed by atoms with E-state index in [1.165, 1.54) is 13.2 Å². The molecule has 1 rings (SSSR count). The van der Waals surface area contributed by atoms with E-state index in [0.717, 1.165) is 13.0 Å². The topological polar surface area (TPSA) is 96.1 Å². The summed E-state index contributed by atoms with van der Waals surface area (Å²) in [6, 6.07) is 2.90. The predicted octanol–water partition coefficient (Wildman–Crippen LogP) is 1.94. The van der Waals surface area contributed by atoms with Crippen molar-refractivity contribution in [3.05, 3.63) is 27.8 Å². The summed E-state index contributed by atoms with van der Waals surface area (Å²) in [5.74, 6) is -0.389. The quantitative estimate of drug-likeness (QED) is 0.561. The zero-order chi connectivity index (χ0) is 15.1. The number of nitro groups is 1. The van der Waals surface area contributed by atoms with Gasteiger partial charge in [-0.3, -0.25) is 15.0 Å². The second kappa shape index (κ2) is 9.38. The number of rotatable bonds is 8. The van der Waals surface area contributed by atoms with Gasteiger partial charge in [-0.25, -0.2) is 0 Å². The maximum Gasteiger partial charge on any atom is 0.314 e. The number of aliphatic hydroxyl groups is 1. The van der Waals surface area contributed by atoms with Crippen molar-refractivity contribution >= 4 is 18.1 Å². The van der Waals surface area contributed by atoms with E-state index < -0.39 is 10.7 Å². The molecule has 0 aromatic heterocycles. The second-order valence-corrected chi connectivity index (χ2v) is 4.42. The van der Waals surface area contributed by atoms with Gasteiger partial charge in [0.05, 0.1) is 18.6 Å². The van der Waals surface area contributed by atoms with Crippen molar-refractivity contribution in [1.82, 2.24) is 4.90 Å². The standard InChI is InChI=1S/C13H20N2O5.ClH/c1-3-4-14(5-6-16)9-10-7-11(15(18)19)13(17)12(8-10)20-2;/h7-8,16-17H,3-6,9H2,1-2H3;1H. The molecule has 0 bridgehead atoms. The highest BCUT2D eigenvalue weighted by Crippen LogP contribution is 2.37. The number of benzene rings is 1. The van der Waals surface area contributed by atoms with E-state index in [2.05, 4.69) is 0 Å². The Hall–Kier alpha value is -1.57. The van der Waals surface area contributed by atoms with E-state index in [1.807, 2.05) is 11.8 Å². The number of aliphatic hydroxyl groups excluding tert-OH is 1. The Morgan fingerprint density at radius 1 is 1.38 bits per heavy atom. The van der Waals surface area contributed by atoms with Gasteiger partial charge in [0, 0.05) is 19.2 Å². The minimum Gasteiger partial charge on any atom is -0.500 e. The molecule has 8 heteroatoms. The molecule has 0 aliphatic heterocycles. The van der Waals surface area contributed by atoms with Crippen LogP contribution in [0.15, 0.2) is 12.1 Å². The number of methoxy groups -OCH3 is 1. The highest BCUT2D eigenvalue weighted by molar-refractivity contribution is 5.85. The van der Waals surface area contributed by atoms with Gasteiger partial charge in [0.15, 0.2) is 5.75 Å². The minimum absolute atomic E-state index is 0. The third-order valence-corrected chi connectivity index (χ3v) is 2.89. The average Bonchev–Trinajstić information content (AvgIpc) is 2.40. The van der Waals surface area contributed by atoms with Gasteiger partial charge < -0.3 is 14.9 Å². The van der Waals surface area contributed by atoms with Crippen molar-refractivity contribution in [1.29, 1.82) is 0 Å². The van der Waals surface area contributed by atoms with Crippen LogP contribution in [-0.2, 0) is 6.54 Å². The molecule has 0 radical (unpaired) electrons. The van der Waals surface area contributed by atoms with Crippen LogP contribution in [0.5, 0.6) is 11.5 Å². The van der Waals surface area contributed by atoms with Gasteiger partial charge in [-0.2, -0.15) is 0 Å². The molecular formula is C13H21ClN2O5. The van der Waals surface area contributed by atoms with Gasteiger partial charge in [-0.1, -0.05) is 6.92 Å². The molecule has 0 fully saturated rings. The van der Waals surface area contributed by atoms with Gasteiger partial charge in [0.2, 0.25) is 5.75 Å². The molecule has 0 heterocycles. The van der Waals surface area contributed by atoms with Crippen LogP contribution >= 0.6 is 12.4 Å². The molecule has 0 saturated carbocycles. The van der Waals surface area contributed by atoms with Gasteiger partial charge in [0.1, 0.15) is 0 Å². The van der Waals surface area contributed by atoms with Gasteiger partial charge in [0.25, 0.3) is 0 Å². The first kappa shape index (κ1) is 19.4. The van der Waals surface area contributed by atoms with E-state index in [9.17, 15) is 15.2 Å². The molecule has 0 spiro atoms. The summed E-state index contributed by atoms with van der Waals surface area (Å²) >= 11 is 0. The molecule has 0 amide bonds. The average molecular weight is 321 g/mol. The van der Waals surface area contributed by atoms with Gasteiger partial charge in [-0.05, 0) is 24.6 Å².